The third-order valence-electron chi connectivity index (χ3n) is 4.37. The van der Waals surface area contributed by atoms with Gasteiger partial charge in [-0.3, -0.25) is 0 Å². The van der Waals surface area contributed by atoms with Crippen molar-refractivity contribution in [1.82, 2.24) is 14.3 Å². The molecule has 4 heteroatoms. The molecular formula is C21H30N4. The third kappa shape index (κ3) is 3.89. The molecule has 3 aromatic rings. The fourth-order valence-electron chi connectivity index (χ4n) is 3.79. The zero-order valence-corrected chi connectivity index (χ0v) is 16.5. The SMILES string of the molecule is Cc1ccc(C)c(-c2cn3c(ccn3NC(C)(C)CC(C)(C)C)n2)c1. The molecule has 0 saturated carbocycles. The number of benzene rings is 1. The lowest BCUT2D eigenvalue weighted by molar-refractivity contribution is 0.284. The molecule has 0 atom stereocenters. The van der Waals surface area contributed by atoms with E-state index in [1.54, 1.807) is 0 Å². The quantitative estimate of drug-likeness (QED) is 0.711. The molecule has 2 aromatic heterocycles. The Hall–Kier alpha value is -2.23. The molecule has 0 unspecified atom stereocenters. The summed E-state index contributed by atoms with van der Waals surface area (Å²) in [5, 5.41) is 0. The van der Waals surface area contributed by atoms with E-state index in [0.29, 0.717) is 0 Å². The lowest BCUT2D eigenvalue weighted by atomic mass is 9.82. The average molecular weight is 338 g/mol. The molecule has 2 heterocycles. The van der Waals surface area contributed by atoms with Crippen molar-refractivity contribution in [2.24, 2.45) is 5.41 Å². The third-order valence-corrected chi connectivity index (χ3v) is 4.37. The van der Waals surface area contributed by atoms with Crippen LogP contribution in [0.4, 0.5) is 0 Å². The number of nitrogens with zero attached hydrogens (tertiary/aromatic N) is 3. The Labute approximate surface area is 150 Å². The van der Waals surface area contributed by atoms with Crippen LogP contribution in [0.3, 0.4) is 0 Å². The standard InChI is InChI=1S/C21H30N4/c1-15-8-9-16(2)17(12-15)18-13-24-19(22-18)10-11-25(24)23-21(6,7)14-20(3,4)5/h8-13,23H,14H2,1-7H3. The molecule has 0 aliphatic rings. The molecule has 25 heavy (non-hydrogen) atoms. The Morgan fingerprint density at radius 3 is 2.44 bits per heavy atom. The van der Waals surface area contributed by atoms with Crippen LogP contribution in [0.25, 0.3) is 16.9 Å². The van der Waals surface area contributed by atoms with Crippen molar-refractivity contribution in [3.63, 3.8) is 0 Å². The molecule has 0 fully saturated rings. The molecule has 0 aliphatic carbocycles. The molecule has 0 aliphatic heterocycles. The summed E-state index contributed by atoms with van der Waals surface area (Å²) in [5.74, 6) is 0. The maximum absolute atomic E-state index is 4.81. The molecule has 1 N–H and O–H groups in total. The van der Waals surface area contributed by atoms with Gasteiger partial charge in [0.05, 0.1) is 11.9 Å². The Kier molecular flexibility index (Phi) is 4.18. The first-order valence-electron chi connectivity index (χ1n) is 8.97. The summed E-state index contributed by atoms with van der Waals surface area (Å²) in [7, 11) is 0. The highest BCUT2D eigenvalue weighted by Gasteiger charge is 2.26. The van der Waals surface area contributed by atoms with Crippen LogP contribution in [-0.4, -0.2) is 19.8 Å². The second kappa shape index (κ2) is 5.94. The highest BCUT2D eigenvalue weighted by Crippen LogP contribution is 2.28. The molecule has 0 bridgehead atoms. The van der Waals surface area contributed by atoms with E-state index in [2.05, 4.69) is 88.9 Å². The van der Waals surface area contributed by atoms with Crippen molar-refractivity contribution in [2.75, 3.05) is 5.43 Å². The number of rotatable bonds is 4. The molecule has 3 rings (SSSR count). The molecule has 134 valence electrons. The van der Waals surface area contributed by atoms with Gasteiger partial charge in [-0.15, -0.1) is 0 Å². The lowest BCUT2D eigenvalue weighted by Crippen LogP contribution is -2.41. The number of hydrogen-bond acceptors (Lipinski definition) is 2. The summed E-state index contributed by atoms with van der Waals surface area (Å²) in [6, 6.07) is 8.56. The molecule has 1 aromatic carbocycles. The highest BCUT2D eigenvalue weighted by molar-refractivity contribution is 5.66. The van der Waals surface area contributed by atoms with Gasteiger partial charge in [-0.1, -0.05) is 38.5 Å². The fourth-order valence-corrected chi connectivity index (χ4v) is 3.79. The largest absolute Gasteiger partial charge is 0.306 e. The van der Waals surface area contributed by atoms with Crippen molar-refractivity contribution in [3.05, 3.63) is 47.8 Å². The molecule has 0 spiro atoms. The summed E-state index contributed by atoms with van der Waals surface area (Å²) in [6.07, 6.45) is 5.22. The molecule has 4 nitrogen and oxygen atoms in total. The van der Waals surface area contributed by atoms with Gasteiger partial charge in [0.2, 0.25) is 0 Å². The van der Waals surface area contributed by atoms with Gasteiger partial charge in [0.25, 0.3) is 0 Å². The van der Waals surface area contributed by atoms with E-state index in [-0.39, 0.29) is 11.0 Å². The fraction of sp³-hybridized carbons (Fsp3) is 0.476. The molecule has 0 saturated heterocycles. The van der Waals surface area contributed by atoms with Crippen LogP contribution >= 0.6 is 0 Å². The maximum atomic E-state index is 4.81. The summed E-state index contributed by atoms with van der Waals surface area (Å²) >= 11 is 0. The van der Waals surface area contributed by atoms with Crippen molar-refractivity contribution < 1.29 is 0 Å². The van der Waals surface area contributed by atoms with E-state index in [9.17, 15) is 0 Å². The zero-order chi connectivity index (χ0) is 18.4. The van der Waals surface area contributed by atoms with Crippen LogP contribution in [0.5, 0.6) is 0 Å². The Bertz CT molecular complexity index is 890. The average Bonchev–Trinajstić information content (AvgIpc) is 3.00. The Morgan fingerprint density at radius 2 is 1.76 bits per heavy atom. The van der Waals surface area contributed by atoms with Crippen molar-refractivity contribution in [3.8, 4) is 11.3 Å². The Balaban J connectivity index is 1.95. The van der Waals surface area contributed by atoms with Crippen LogP contribution in [0, 0.1) is 19.3 Å². The second-order valence-corrected chi connectivity index (χ2v) is 9.04. The lowest BCUT2D eigenvalue weighted by Gasteiger charge is -2.34. The second-order valence-electron chi connectivity index (χ2n) is 9.04. The van der Waals surface area contributed by atoms with Crippen LogP contribution < -0.4 is 5.43 Å². The van der Waals surface area contributed by atoms with Crippen LogP contribution in [0.2, 0.25) is 0 Å². The maximum Gasteiger partial charge on any atom is 0.155 e. The van der Waals surface area contributed by atoms with Crippen molar-refractivity contribution in [1.29, 1.82) is 0 Å². The van der Waals surface area contributed by atoms with Crippen LogP contribution in [0.15, 0.2) is 36.7 Å². The van der Waals surface area contributed by atoms with Crippen molar-refractivity contribution >= 4 is 5.65 Å². The number of nitrogens with one attached hydrogen (secondary N) is 1. The minimum absolute atomic E-state index is 0.0200. The number of hydrogen-bond donors (Lipinski definition) is 1. The molecule has 0 radical (unpaired) electrons. The monoisotopic (exact) mass is 338 g/mol. The van der Waals surface area contributed by atoms with E-state index in [4.69, 9.17) is 4.98 Å². The number of aryl methyl sites for hydroxylation is 2. The normalized spacial score (nSPS) is 12.8. The van der Waals surface area contributed by atoms with Gasteiger partial charge in [0.1, 0.15) is 0 Å². The van der Waals surface area contributed by atoms with Gasteiger partial charge < -0.3 is 5.43 Å². The summed E-state index contributed by atoms with van der Waals surface area (Å²) in [6.45, 7) is 15.6. The van der Waals surface area contributed by atoms with E-state index >= 15 is 0 Å². The first-order chi connectivity index (χ1) is 11.5. The van der Waals surface area contributed by atoms with E-state index in [0.717, 1.165) is 17.8 Å². The zero-order valence-electron chi connectivity index (χ0n) is 16.5. The van der Waals surface area contributed by atoms with Crippen molar-refractivity contribution in [2.45, 2.75) is 60.4 Å². The Morgan fingerprint density at radius 1 is 1.04 bits per heavy atom. The van der Waals surface area contributed by atoms with Crippen LogP contribution in [0.1, 0.15) is 52.2 Å². The predicted octanol–water partition coefficient (Wildman–Crippen LogP) is 5.18. The first kappa shape index (κ1) is 17.6. The first-order valence-corrected chi connectivity index (χ1v) is 8.97. The summed E-state index contributed by atoms with van der Waals surface area (Å²) in [5.41, 5.74) is 9.54. The number of aromatic nitrogens is 3. The minimum atomic E-state index is -0.0200. The van der Waals surface area contributed by atoms with E-state index in [1.807, 2.05) is 11.0 Å². The smallest absolute Gasteiger partial charge is 0.155 e. The van der Waals surface area contributed by atoms with Gasteiger partial charge in [0.15, 0.2) is 5.65 Å². The van der Waals surface area contributed by atoms with E-state index in [1.165, 1.54) is 16.7 Å². The van der Waals surface area contributed by atoms with Gasteiger partial charge in [0, 0.05) is 23.4 Å². The molecular weight excluding hydrogens is 308 g/mol. The molecule has 0 amide bonds. The van der Waals surface area contributed by atoms with E-state index < -0.39 is 0 Å². The summed E-state index contributed by atoms with van der Waals surface area (Å²) in [4.78, 5) is 6.86. The minimum Gasteiger partial charge on any atom is -0.306 e. The number of fused-ring (bicyclic) bond motifs is 1. The van der Waals surface area contributed by atoms with Gasteiger partial charge in [-0.2, -0.15) is 0 Å². The highest BCUT2D eigenvalue weighted by atomic mass is 15.6. The predicted molar refractivity (Wildman–Crippen MR) is 106 cm³/mol. The number of imidazole rings is 1. The topological polar surface area (TPSA) is 34.3 Å². The van der Waals surface area contributed by atoms with Gasteiger partial charge in [-0.05, 0) is 51.2 Å². The van der Waals surface area contributed by atoms with Gasteiger partial charge in [-0.25, -0.2) is 14.3 Å². The summed E-state index contributed by atoms with van der Waals surface area (Å²) < 4.78 is 2.08. The van der Waals surface area contributed by atoms with Gasteiger partial charge >= 0.3 is 0 Å². The van der Waals surface area contributed by atoms with Crippen LogP contribution in [-0.2, 0) is 0 Å².